The molecule has 2 atom stereocenters. The molecule has 1 N–H and O–H groups in total. The molecule has 2 aliphatic heterocycles. The van der Waals surface area contributed by atoms with Crippen LogP contribution in [0.5, 0.6) is 0 Å². The number of piperazine rings is 1. The third-order valence-corrected chi connectivity index (χ3v) is 5.13. The van der Waals surface area contributed by atoms with E-state index >= 15 is 0 Å². The van der Waals surface area contributed by atoms with Crippen molar-refractivity contribution < 1.29 is 19.2 Å². The number of ether oxygens (including phenoxy) is 1. The number of carbonyl (C=O) groups is 2. The van der Waals surface area contributed by atoms with Crippen LogP contribution >= 0.6 is 0 Å². The second kappa shape index (κ2) is 8.34. The highest BCUT2D eigenvalue weighted by Gasteiger charge is 2.42. The van der Waals surface area contributed by atoms with Gasteiger partial charge in [0.25, 0.3) is 5.69 Å². The summed E-state index contributed by atoms with van der Waals surface area (Å²) in [4.78, 5) is 39.0. The molecule has 1 aromatic rings. The maximum absolute atomic E-state index is 12.9. The van der Waals surface area contributed by atoms with Gasteiger partial charge in [-0.25, -0.2) is 4.79 Å². The number of nitrogens with zero attached hydrogens (tertiary/aromatic N) is 3. The fraction of sp³-hybridized carbons (Fsp3) is 0.556. The number of nitrogens with one attached hydrogen (secondary N) is 1. The lowest BCUT2D eigenvalue weighted by atomic mass is 10.0. The Morgan fingerprint density at radius 1 is 1.22 bits per heavy atom. The second-order valence-electron chi connectivity index (χ2n) is 6.96. The number of rotatable bonds is 4. The van der Waals surface area contributed by atoms with Gasteiger partial charge in [-0.15, -0.1) is 0 Å². The Balaban J connectivity index is 1.60. The Kier molecular flexibility index (Phi) is 5.90. The van der Waals surface area contributed by atoms with E-state index in [2.05, 4.69) is 5.32 Å². The molecule has 2 fully saturated rings. The summed E-state index contributed by atoms with van der Waals surface area (Å²) >= 11 is 0. The first-order valence-electron chi connectivity index (χ1n) is 9.13. The van der Waals surface area contributed by atoms with E-state index in [0.717, 1.165) is 19.5 Å². The van der Waals surface area contributed by atoms with Crippen molar-refractivity contribution in [2.45, 2.75) is 26.0 Å². The SMILES string of the molecule is C[C@H]1CCN(C(=O)OCc2ccc([N+](=O)[O-])cc2)C1C(=O)N1CCNCC1. The number of amides is 2. The fourth-order valence-corrected chi connectivity index (χ4v) is 3.54. The molecular weight excluding hydrogens is 352 g/mol. The molecule has 2 heterocycles. The Labute approximate surface area is 157 Å². The predicted molar refractivity (Wildman–Crippen MR) is 97.0 cm³/mol. The van der Waals surface area contributed by atoms with Crippen LogP contribution in [0, 0.1) is 16.0 Å². The van der Waals surface area contributed by atoms with Crippen LogP contribution in [0.2, 0.25) is 0 Å². The first-order valence-corrected chi connectivity index (χ1v) is 9.13. The minimum absolute atomic E-state index is 0.0102. The Hall–Kier alpha value is -2.68. The normalized spacial score (nSPS) is 22.6. The van der Waals surface area contributed by atoms with E-state index in [0.29, 0.717) is 25.2 Å². The van der Waals surface area contributed by atoms with Gasteiger partial charge in [0, 0.05) is 44.9 Å². The standard InChI is InChI=1S/C18H24N4O5/c1-13-6-9-21(16(13)17(23)20-10-7-19-8-11-20)18(24)27-12-14-2-4-15(5-3-14)22(25)26/h2-5,13,16,19H,6-12H2,1H3/t13-,16?/m0/s1. The summed E-state index contributed by atoms with van der Waals surface area (Å²) in [5, 5.41) is 13.9. The minimum Gasteiger partial charge on any atom is -0.445 e. The van der Waals surface area contributed by atoms with Crippen LogP contribution in [-0.4, -0.2) is 65.5 Å². The fourth-order valence-electron chi connectivity index (χ4n) is 3.54. The third-order valence-electron chi connectivity index (χ3n) is 5.13. The molecule has 0 radical (unpaired) electrons. The molecule has 0 aliphatic carbocycles. The number of hydrogen-bond acceptors (Lipinski definition) is 6. The van der Waals surface area contributed by atoms with E-state index in [1.54, 1.807) is 17.0 Å². The van der Waals surface area contributed by atoms with Gasteiger partial charge in [-0.1, -0.05) is 6.92 Å². The topological polar surface area (TPSA) is 105 Å². The molecule has 27 heavy (non-hydrogen) atoms. The molecule has 9 nitrogen and oxygen atoms in total. The largest absolute Gasteiger partial charge is 0.445 e. The molecule has 1 aromatic carbocycles. The lowest BCUT2D eigenvalue weighted by Crippen LogP contribution is -2.54. The maximum atomic E-state index is 12.9. The smallest absolute Gasteiger partial charge is 0.410 e. The first-order chi connectivity index (χ1) is 13.0. The molecule has 146 valence electrons. The average Bonchev–Trinajstić information content (AvgIpc) is 3.08. The van der Waals surface area contributed by atoms with Gasteiger partial charge in [0.15, 0.2) is 0 Å². The molecule has 2 aliphatic rings. The number of nitro groups is 1. The lowest BCUT2D eigenvalue weighted by molar-refractivity contribution is -0.384. The van der Waals surface area contributed by atoms with Gasteiger partial charge in [-0.3, -0.25) is 19.8 Å². The first kappa shape index (κ1) is 19.1. The number of hydrogen-bond donors (Lipinski definition) is 1. The Morgan fingerprint density at radius 3 is 2.52 bits per heavy atom. The minimum atomic E-state index is -0.522. The van der Waals surface area contributed by atoms with E-state index in [4.69, 9.17) is 4.74 Å². The number of benzene rings is 1. The van der Waals surface area contributed by atoms with Crippen LogP contribution in [-0.2, 0) is 16.1 Å². The summed E-state index contributed by atoms with van der Waals surface area (Å²) in [7, 11) is 0. The number of carbonyl (C=O) groups excluding carboxylic acids is 2. The van der Waals surface area contributed by atoms with Crippen LogP contribution < -0.4 is 5.32 Å². The van der Waals surface area contributed by atoms with Crippen molar-refractivity contribution in [2.75, 3.05) is 32.7 Å². The third kappa shape index (κ3) is 4.36. The van der Waals surface area contributed by atoms with Crippen LogP contribution in [0.3, 0.4) is 0 Å². The van der Waals surface area contributed by atoms with Crippen molar-refractivity contribution in [2.24, 2.45) is 5.92 Å². The van der Waals surface area contributed by atoms with Gasteiger partial charge >= 0.3 is 6.09 Å². The highest BCUT2D eigenvalue weighted by molar-refractivity contribution is 5.86. The highest BCUT2D eigenvalue weighted by atomic mass is 16.6. The molecular formula is C18H24N4O5. The van der Waals surface area contributed by atoms with E-state index in [9.17, 15) is 19.7 Å². The predicted octanol–water partition coefficient (Wildman–Crippen LogP) is 1.37. The van der Waals surface area contributed by atoms with Gasteiger partial charge in [0.2, 0.25) is 5.91 Å². The number of non-ortho nitro benzene ring substituents is 1. The Morgan fingerprint density at radius 2 is 1.89 bits per heavy atom. The van der Waals surface area contributed by atoms with E-state index < -0.39 is 17.1 Å². The van der Waals surface area contributed by atoms with Gasteiger partial charge in [-0.05, 0) is 30.0 Å². The molecule has 3 rings (SSSR count). The number of likely N-dealkylation sites (tertiary alicyclic amines) is 1. The van der Waals surface area contributed by atoms with Crippen LogP contribution in [0.4, 0.5) is 10.5 Å². The molecule has 0 spiro atoms. The van der Waals surface area contributed by atoms with Crippen molar-refractivity contribution in [3.8, 4) is 0 Å². The van der Waals surface area contributed by atoms with Gasteiger partial charge in [0.1, 0.15) is 12.6 Å². The Bertz CT molecular complexity index is 702. The summed E-state index contributed by atoms with van der Waals surface area (Å²) in [6, 6.07) is 5.37. The van der Waals surface area contributed by atoms with Crippen molar-refractivity contribution >= 4 is 17.7 Å². The highest BCUT2D eigenvalue weighted by Crippen LogP contribution is 2.27. The quantitative estimate of drug-likeness (QED) is 0.629. The van der Waals surface area contributed by atoms with Gasteiger partial charge < -0.3 is 15.0 Å². The van der Waals surface area contributed by atoms with Crippen molar-refractivity contribution in [3.63, 3.8) is 0 Å². The number of nitro benzene ring substituents is 1. The summed E-state index contributed by atoms with van der Waals surface area (Å²) in [5.41, 5.74) is 0.645. The van der Waals surface area contributed by atoms with Crippen LogP contribution in [0.25, 0.3) is 0 Å². The second-order valence-corrected chi connectivity index (χ2v) is 6.96. The van der Waals surface area contributed by atoms with Crippen LogP contribution in [0.1, 0.15) is 18.9 Å². The van der Waals surface area contributed by atoms with Crippen LogP contribution in [0.15, 0.2) is 24.3 Å². The van der Waals surface area contributed by atoms with Crippen molar-refractivity contribution in [1.82, 2.24) is 15.1 Å². The lowest BCUT2D eigenvalue weighted by Gasteiger charge is -2.33. The van der Waals surface area contributed by atoms with E-state index in [1.807, 2.05) is 6.92 Å². The molecule has 0 saturated carbocycles. The van der Waals surface area contributed by atoms with Crippen molar-refractivity contribution in [1.29, 1.82) is 0 Å². The zero-order valence-electron chi connectivity index (χ0n) is 15.3. The summed E-state index contributed by atoms with van der Waals surface area (Å²) in [6.45, 7) is 5.30. The van der Waals surface area contributed by atoms with E-state index in [-0.39, 0.29) is 24.1 Å². The average molecular weight is 376 g/mol. The molecule has 0 aromatic heterocycles. The molecule has 2 saturated heterocycles. The molecule has 0 bridgehead atoms. The monoisotopic (exact) mass is 376 g/mol. The summed E-state index contributed by atoms with van der Waals surface area (Å²) < 4.78 is 5.36. The van der Waals surface area contributed by atoms with Crippen molar-refractivity contribution in [3.05, 3.63) is 39.9 Å². The van der Waals surface area contributed by atoms with E-state index in [1.165, 1.54) is 17.0 Å². The molecule has 1 unspecified atom stereocenters. The molecule has 9 heteroatoms. The molecule has 2 amide bonds. The summed E-state index contributed by atoms with van der Waals surface area (Å²) in [6.07, 6.45) is 0.237. The zero-order valence-corrected chi connectivity index (χ0v) is 15.3. The van der Waals surface area contributed by atoms with Gasteiger partial charge in [-0.2, -0.15) is 0 Å². The van der Waals surface area contributed by atoms with Gasteiger partial charge in [0.05, 0.1) is 4.92 Å². The summed E-state index contributed by atoms with van der Waals surface area (Å²) in [5.74, 6) is 0.0631. The zero-order chi connectivity index (χ0) is 19.4. The maximum Gasteiger partial charge on any atom is 0.410 e.